The molecule has 37 heavy (non-hydrogen) atoms. The van der Waals surface area contributed by atoms with Crippen molar-refractivity contribution in [3.8, 4) is 0 Å². The predicted molar refractivity (Wildman–Crippen MR) is 126 cm³/mol. The molecule has 2 aliphatic heterocycles. The Morgan fingerprint density at radius 1 is 1.22 bits per heavy atom. The van der Waals surface area contributed by atoms with E-state index < -0.39 is 47.2 Å². The van der Waals surface area contributed by atoms with E-state index in [-0.39, 0.29) is 35.5 Å². The van der Waals surface area contributed by atoms with Crippen LogP contribution < -0.4 is 11.1 Å². The fourth-order valence-electron chi connectivity index (χ4n) is 4.91. The number of halogens is 3. The van der Waals surface area contributed by atoms with Gasteiger partial charge in [0.05, 0.1) is 11.6 Å². The van der Waals surface area contributed by atoms with E-state index in [4.69, 9.17) is 15.5 Å². The zero-order chi connectivity index (χ0) is 26.9. The molecule has 2 atom stereocenters. The zero-order valence-electron chi connectivity index (χ0n) is 20.3. The van der Waals surface area contributed by atoms with Crippen LogP contribution >= 0.6 is 0 Å². The summed E-state index contributed by atoms with van der Waals surface area (Å²) in [5.74, 6) is -3.49. The normalized spacial score (nSPS) is 25.8. The molecular weight excluding hydrogens is 493 g/mol. The number of nitrogens with two attached hydrogens (primary N) is 1. The predicted octanol–water partition coefficient (Wildman–Crippen LogP) is 2.57. The van der Waals surface area contributed by atoms with Gasteiger partial charge in [0.2, 0.25) is 0 Å². The van der Waals surface area contributed by atoms with Gasteiger partial charge in [0.25, 0.3) is 11.8 Å². The number of nitrogens with one attached hydrogen (secondary N) is 1. The fraction of sp³-hybridized carbons (Fsp3) is 0.520. The molecule has 3 aliphatic rings. The molecular formula is C25H29F3N4O5. The number of aliphatic imine (C=N–C) groups is 1. The van der Waals surface area contributed by atoms with Crippen LogP contribution in [0.15, 0.2) is 40.5 Å². The van der Waals surface area contributed by atoms with Crippen LogP contribution in [0, 0.1) is 11.8 Å². The Balaban J connectivity index is 1.75. The lowest BCUT2D eigenvalue weighted by atomic mass is 9.80. The summed E-state index contributed by atoms with van der Waals surface area (Å²) < 4.78 is 44.9. The summed E-state index contributed by atoms with van der Waals surface area (Å²) >= 11 is 0. The van der Waals surface area contributed by atoms with E-state index in [1.165, 1.54) is 11.0 Å². The largest absolute Gasteiger partial charge is 0.477 e. The highest BCUT2D eigenvalue weighted by molar-refractivity contribution is 6.16. The highest BCUT2D eigenvalue weighted by Crippen LogP contribution is 2.46. The van der Waals surface area contributed by atoms with Crippen molar-refractivity contribution in [3.63, 3.8) is 0 Å². The van der Waals surface area contributed by atoms with Gasteiger partial charge in [-0.3, -0.25) is 19.5 Å². The van der Waals surface area contributed by atoms with E-state index in [1.807, 2.05) is 0 Å². The van der Waals surface area contributed by atoms with Gasteiger partial charge in [-0.05, 0) is 56.7 Å². The van der Waals surface area contributed by atoms with Crippen molar-refractivity contribution < 1.29 is 37.4 Å². The van der Waals surface area contributed by atoms with Gasteiger partial charge in [0.1, 0.15) is 17.6 Å². The number of rotatable bonds is 6. The molecule has 2 saturated heterocycles. The molecule has 1 aliphatic carbocycles. The first kappa shape index (κ1) is 26.6. The number of hydrogen-bond acceptors (Lipinski definition) is 6. The maximum atomic E-state index is 13.7. The Labute approximate surface area is 211 Å². The number of alkyl halides is 3. The molecule has 0 radical (unpaired) electrons. The first-order valence-electron chi connectivity index (χ1n) is 12.2. The van der Waals surface area contributed by atoms with Crippen molar-refractivity contribution in [1.82, 2.24) is 10.2 Å². The summed E-state index contributed by atoms with van der Waals surface area (Å²) in [6.07, 6.45) is -2.09. The van der Waals surface area contributed by atoms with Crippen LogP contribution in [0.25, 0.3) is 0 Å². The Hall–Kier alpha value is -3.41. The number of ether oxygens (including phenoxy) is 1. The number of aliphatic carboxylic acids is 1. The highest BCUT2D eigenvalue weighted by Gasteiger charge is 2.51. The van der Waals surface area contributed by atoms with Crippen LogP contribution in [0.2, 0.25) is 0 Å². The number of carboxylic acid groups (broad SMARTS) is 1. The van der Waals surface area contributed by atoms with E-state index in [9.17, 15) is 32.7 Å². The summed E-state index contributed by atoms with van der Waals surface area (Å²) in [6, 6.07) is 2.49. The summed E-state index contributed by atoms with van der Waals surface area (Å²) in [4.78, 5) is 44.9. The summed E-state index contributed by atoms with van der Waals surface area (Å²) in [5.41, 5.74) is 4.53. The number of hydrogen-bond donors (Lipinski definition) is 3. The van der Waals surface area contributed by atoms with Gasteiger partial charge in [-0.1, -0.05) is 6.07 Å². The first-order valence-corrected chi connectivity index (χ1v) is 12.2. The Morgan fingerprint density at radius 2 is 1.89 bits per heavy atom. The minimum absolute atomic E-state index is 0.130. The number of carbonyl (C=O) groups is 3. The lowest BCUT2D eigenvalue weighted by molar-refractivity contribution is -0.137. The molecule has 3 fully saturated rings. The van der Waals surface area contributed by atoms with Gasteiger partial charge < -0.3 is 20.9 Å². The number of nitrogens with zero attached hydrogens (tertiary/aromatic N) is 2. The Kier molecular flexibility index (Phi) is 7.58. The molecule has 4 rings (SSSR count). The number of piperidine rings is 1. The lowest BCUT2D eigenvalue weighted by Gasteiger charge is -2.41. The third-order valence-electron chi connectivity index (χ3n) is 6.92. The number of amides is 2. The molecule has 1 aromatic carbocycles. The first-order chi connectivity index (χ1) is 17.5. The summed E-state index contributed by atoms with van der Waals surface area (Å²) in [6.45, 7) is 2.78. The quantitative estimate of drug-likeness (QED) is 0.492. The molecule has 0 aromatic heterocycles. The van der Waals surface area contributed by atoms with Crippen LogP contribution in [0.5, 0.6) is 0 Å². The molecule has 0 spiro atoms. The van der Waals surface area contributed by atoms with Crippen molar-refractivity contribution in [2.75, 3.05) is 19.8 Å². The molecule has 1 aromatic rings. The molecule has 4 N–H and O–H groups in total. The molecule has 2 unspecified atom stereocenters. The number of benzene rings is 1. The molecule has 2 heterocycles. The molecule has 200 valence electrons. The number of carbonyl (C=O) groups excluding carboxylic acids is 2. The van der Waals surface area contributed by atoms with Gasteiger partial charge in [-0.2, -0.15) is 13.2 Å². The second-order valence-electron chi connectivity index (χ2n) is 9.40. The minimum Gasteiger partial charge on any atom is -0.477 e. The average molecular weight is 523 g/mol. The third kappa shape index (κ3) is 5.63. The van der Waals surface area contributed by atoms with Gasteiger partial charge in [0, 0.05) is 36.8 Å². The van der Waals surface area contributed by atoms with Gasteiger partial charge in [-0.25, -0.2) is 4.79 Å². The van der Waals surface area contributed by atoms with E-state index >= 15 is 0 Å². The van der Waals surface area contributed by atoms with E-state index in [1.54, 1.807) is 6.92 Å². The molecule has 2 amide bonds. The minimum atomic E-state index is -4.64. The van der Waals surface area contributed by atoms with Crippen molar-refractivity contribution >= 4 is 23.6 Å². The number of likely N-dealkylation sites (tertiary alicyclic amines) is 1. The van der Waals surface area contributed by atoms with Crippen molar-refractivity contribution in [1.29, 1.82) is 0 Å². The van der Waals surface area contributed by atoms with Crippen LogP contribution in [-0.2, 0) is 20.5 Å². The second kappa shape index (κ2) is 10.5. The number of likely N-dealkylation sites (N-methyl/N-ethyl adjacent to an activating group) is 1. The Bertz CT molecular complexity index is 1140. The number of amidine groups is 1. The van der Waals surface area contributed by atoms with Crippen LogP contribution in [0.1, 0.15) is 48.5 Å². The average Bonchev–Trinajstić information content (AvgIpc) is 3.70. The Morgan fingerprint density at radius 3 is 2.46 bits per heavy atom. The van der Waals surface area contributed by atoms with Crippen LogP contribution in [0.3, 0.4) is 0 Å². The topological polar surface area (TPSA) is 134 Å². The second-order valence-corrected chi connectivity index (χ2v) is 9.40. The van der Waals surface area contributed by atoms with Crippen LogP contribution in [0.4, 0.5) is 13.2 Å². The molecule has 1 saturated carbocycles. The standard InChI is InChI=1S/C25H29F3N4O5/c1-2-32-21(30-16-8-10-37-11-9-16)18(19(29)24(35)36)17(13-6-7-13)20(23(32)34)31-22(33)14-4-3-5-15(12-14)25(26,27)28/h3-5,12-13,16-17,20H,2,6-11,29H2,1H3,(H,31,33)(H,35,36)/b19-18-,30-21?. The van der Waals surface area contributed by atoms with E-state index in [0.29, 0.717) is 45.0 Å². The smallest absolute Gasteiger partial charge is 0.416 e. The number of carboxylic acids is 1. The SMILES string of the molecule is CCN1C(=O)C(NC(=O)c2cccc(C(F)(F)F)c2)C(C2CC2)/C(=C(/N)C(=O)O)C1=NC1CCOCC1. The van der Waals surface area contributed by atoms with Gasteiger partial charge >= 0.3 is 12.1 Å². The van der Waals surface area contributed by atoms with Crippen LogP contribution in [-0.4, -0.2) is 65.5 Å². The van der Waals surface area contributed by atoms with Crippen molar-refractivity contribution in [2.24, 2.45) is 22.6 Å². The zero-order valence-corrected chi connectivity index (χ0v) is 20.3. The maximum absolute atomic E-state index is 13.7. The monoisotopic (exact) mass is 522 g/mol. The fourth-order valence-corrected chi connectivity index (χ4v) is 4.91. The third-order valence-corrected chi connectivity index (χ3v) is 6.92. The highest BCUT2D eigenvalue weighted by atomic mass is 19.4. The summed E-state index contributed by atoms with van der Waals surface area (Å²) in [7, 11) is 0. The molecule has 9 nitrogen and oxygen atoms in total. The van der Waals surface area contributed by atoms with E-state index in [0.717, 1.165) is 12.1 Å². The van der Waals surface area contributed by atoms with Crippen molar-refractivity contribution in [3.05, 3.63) is 46.7 Å². The molecule has 12 heteroatoms. The summed E-state index contributed by atoms with van der Waals surface area (Å²) in [5, 5.41) is 12.4. The van der Waals surface area contributed by atoms with Gasteiger partial charge in [0.15, 0.2) is 0 Å². The van der Waals surface area contributed by atoms with Gasteiger partial charge in [-0.15, -0.1) is 0 Å². The van der Waals surface area contributed by atoms with E-state index in [2.05, 4.69) is 5.32 Å². The maximum Gasteiger partial charge on any atom is 0.416 e. The lowest BCUT2D eigenvalue weighted by Crippen LogP contribution is -2.61. The van der Waals surface area contributed by atoms with Crippen molar-refractivity contribution in [2.45, 2.75) is 50.9 Å². The molecule has 0 bridgehead atoms.